The third-order valence-corrected chi connectivity index (χ3v) is 4.95. The quantitative estimate of drug-likeness (QED) is 0.351. The van der Waals surface area contributed by atoms with Crippen LogP contribution >= 0.6 is 24.0 Å². The van der Waals surface area contributed by atoms with Crippen LogP contribution in [-0.2, 0) is 4.79 Å². The monoisotopic (exact) mass is 386 g/mol. The topological polar surface area (TPSA) is 96.8 Å². The van der Waals surface area contributed by atoms with Crippen molar-refractivity contribution in [1.82, 2.24) is 4.90 Å². The van der Waals surface area contributed by atoms with Crippen LogP contribution in [0.5, 0.6) is 0 Å². The molecule has 1 aliphatic heterocycles. The zero-order valence-corrected chi connectivity index (χ0v) is 15.1. The molecule has 1 aromatic heterocycles. The Balaban J connectivity index is 1.90. The summed E-state index contributed by atoms with van der Waals surface area (Å²) < 4.78 is 6.20. The van der Waals surface area contributed by atoms with E-state index in [2.05, 4.69) is 6.58 Å². The highest BCUT2D eigenvalue weighted by Gasteiger charge is 2.31. The van der Waals surface area contributed by atoms with Gasteiger partial charge in [-0.2, -0.15) is 0 Å². The van der Waals surface area contributed by atoms with Gasteiger partial charge in [0.25, 0.3) is 5.91 Å². The van der Waals surface area contributed by atoms with E-state index >= 15 is 0 Å². The summed E-state index contributed by atoms with van der Waals surface area (Å²) in [6, 6.07) is 7.86. The number of nitrogen functional groups attached to an aromatic ring is 1. The van der Waals surface area contributed by atoms with Crippen LogP contribution in [0.25, 0.3) is 17.4 Å². The molecule has 0 aliphatic carbocycles. The normalized spacial score (nSPS) is 15.7. The fourth-order valence-corrected chi connectivity index (χ4v) is 3.67. The van der Waals surface area contributed by atoms with E-state index in [1.807, 2.05) is 0 Å². The molecule has 132 valence electrons. The lowest BCUT2D eigenvalue weighted by Crippen LogP contribution is -2.27. The molecular formula is C18H14N2O4S2. The van der Waals surface area contributed by atoms with E-state index < -0.39 is 5.97 Å². The van der Waals surface area contributed by atoms with Gasteiger partial charge in [0.05, 0.1) is 10.5 Å². The third-order valence-electron chi connectivity index (χ3n) is 3.57. The summed E-state index contributed by atoms with van der Waals surface area (Å²) in [4.78, 5) is 25.4. The molecule has 1 fully saturated rings. The Morgan fingerprint density at radius 1 is 1.38 bits per heavy atom. The van der Waals surface area contributed by atoms with E-state index in [9.17, 15) is 9.59 Å². The number of hydrogen-bond donors (Lipinski definition) is 2. The molecule has 0 saturated carbocycles. The summed E-state index contributed by atoms with van der Waals surface area (Å²) in [5.74, 6) is -0.364. The van der Waals surface area contributed by atoms with Gasteiger partial charge in [0, 0.05) is 23.9 Å². The second-order valence-electron chi connectivity index (χ2n) is 5.43. The number of benzene rings is 1. The Morgan fingerprint density at radius 2 is 2.15 bits per heavy atom. The van der Waals surface area contributed by atoms with Crippen molar-refractivity contribution < 1.29 is 19.1 Å². The molecule has 0 radical (unpaired) electrons. The van der Waals surface area contributed by atoms with Crippen LogP contribution in [0.15, 0.2) is 52.3 Å². The van der Waals surface area contributed by atoms with Crippen LogP contribution in [-0.4, -0.2) is 32.7 Å². The molecule has 1 aromatic carbocycles. The van der Waals surface area contributed by atoms with Gasteiger partial charge in [-0.1, -0.05) is 30.1 Å². The number of amides is 1. The van der Waals surface area contributed by atoms with Crippen molar-refractivity contribution in [3.05, 3.63) is 59.2 Å². The average Bonchev–Trinajstić information content (AvgIpc) is 3.15. The lowest BCUT2D eigenvalue weighted by atomic mass is 10.1. The van der Waals surface area contributed by atoms with Crippen LogP contribution in [0.4, 0.5) is 5.69 Å². The van der Waals surface area contributed by atoms with Crippen molar-refractivity contribution in [2.75, 3.05) is 12.3 Å². The molecule has 3 N–H and O–H groups in total. The number of furan rings is 1. The van der Waals surface area contributed by atoms with Gasteiger partial charge in [-0.05, 0) is 30.3 Å². The largest absolute Gasteiger partial charge is 0.478 e. The molecule has 26 heavy (non-hydrogen) atoms. The number of nitrogens with two attached hydrogens (primary N) is 1. The van der Waals surface area contributed by atoms with Gasteiger partial charge in [0.2, 0.25) is 0 Å². The van der Waals surface area contributed by atoms with Crippen LogP contribution in [0.2, 0.25) is 0 Å². The summed E-state index contributed by atoms with van der Waals surface area (Å²) >= 11 is 6.38. The Labute approximate surface area is 159 Å². The predicted octanol–water partition coefficient (Wildman–Crippen LogP) is 3.61. The lowest BCUT2D eigenvalue weighted by molar-refractivity contribution is -0.121. The van der Waals surface area contributed by atoms with E-state index in [4.69, 9.17) is 27.5 Å². The number of nitrogens with zero attached hydrogens (tertiary/aromatic N) is 1. The summed E-state index contributed by atoms with van der Waals surface area (Å²) in [6.07, 6.45) is 3.22. The number of carbonyl (C=O) groups is 2. The first kappa shape index (κ1) is 18.0. The van der Waals surface area contributed by atoms with Crippen molar-refractivity contribution in [2.45, 2.75) is 0 Å². The first-order chi connectivity index (χ1) is 12.4. The van der Waals surface area contributed by atoms with Gasteiger partial charge in [-0.25, -0.2) is 4.79 Å². The fraction of sp³-hybridized carbons (Fsp3) is 0.0556. The molecule has 0 atom stereocenters. The summed E-state index contributed by atoms with van der Waals surface area (Å²) in [5, 5.41) is 9.14. The molecule has 6 nitrogen and oxygen atoms in total. The van der Waals surface area contributed by atoms with Crippen LogP contribution < -0.4 is 5.73 Å². The van der Waals surface area contributed by atoms with Gasteiger partial charge < -0.3 is 15.3 Å². The summed E-state index contributed by atoms with van der Waals surface area (Å²) in [6.45, 7) is 3.97. The minimum atomic E-state index is -1.07. The van der Waals surface area contributed by atoms with Gasteiger partial charge in [0.15, 0.2) is 0 Å². The van der Waals surface area contributed by atoms with E-state index in [0.29, 0.717) is 38.5 Å². The number of carboxylic acid groups (broad SMARTS) is 1. The first-order valence-electron chi connectivity index (χ1n) is 7.49. The SMILES string of the molecule is C=CCN1C(=O)/C(=C/c2ccc(-c3cc(N)cc(C(=O)O)c3)o2)SC1=S. The van der Waals surface area contributed by atoms with Crippen molar-refractivity contribution in [2.24, 2.45) is 0 Å². The lowest BCUT2D eigenvalue weighted by Gasteiger charge is -2.10. The number of thioether (sulfide) groups is 1. The van der Waals surface area contributed by atoms with Crippen LogP contribution in [0.1, 0.15) is 16.1 Å². The molecule has 1 saturated heterocycles. The first-order valence-corrected chi connectivity index (χ1v) is 8.72. The van der Waals surface area contributed by atoms with Gasteiger partial charge >= 0.3 is 5.97 Å². The highest BCUT2D eigenvalue weighted by Crippen LogP contribution is 2.33. The Bertz CT molecular complexity index is 962. The van der Waals surface area contributed by atoms with Crippen LogP contribution in [0, 0.1) is 0 Å². The van der Waals surface area contributed by atoms with Crippen molar-refractivity contribution in [3.63, 3.8) is 0 Å². The number of carbonyl (C=O) groups excluding carboxylic acids is 1. The second kappa shape index (κ2) is 7.19. The molecule has 1 aliphatic rings. The number of rotatable bonds is 5. The third kappa shape index (κ3) is 3.56. The van der Waals surface area contributed by atoms with E-state index in [-0.39, 0.29) is 11.5 Å². The molecule has 1 amide bonds. The van der Waals surface area contributed by atoms with Crippen LogP contribution in [0.3, 0.4) is 0 Å². The van der Waals surface area contributed by atoms with E-state index in [1.165, 1.54) is 28.8 Å². The van der Waals surface area contributed by atoms with Crippen molar-refractivity contribution in [1.29, 1.82) is 0 Å². The maximum absolute atomic E-state index is 12.3. The summed E-state index contributed by atoms with van der Waals surface area (Å²) in [5.41, 5.74) is 6.70. The average molecular weight is 386 g/mol. The highest BCUT2D eigenvalue weighted by atomic mass is 32.2. The summed E-state index contributed by atoms with van der Waals surface area (Å²) in [7, 11) is 0. The zero-order chi connectivity index (χ0) is 18.8. The second-order valence-corrected chi connectivity index (χ2v) is 7.11. The zero-order valence-electron chi connectivity index (χ0n) is 13.5. The van der Waals surface area contributed by atoms with Crippen molar-refractivity contribution >= 4 is 51.9 Å². The molecule has 2 aromatic rings. The molecule has 2 heterocycles. The molecule has 0 spiro atoms. The standard InChI is InChI=1S/C18H14N2O4S2/c1-2-5-20-16(21)15(26-18(20)25)9-13-3-4-14(24-13)10-6-11(17(22)23)8-12(19)7-10/h2-4,6-9H,1,5,19H2,(H,22,23)/b15-9-. The smallest absolute Gasteiger partial charge is 0.335 e. The van der Waals surface area contributed by atoms with Gasteiger partial charge in [-0.15, -0.1) is 6.58 Å². The molecule has 0 unspecified atom stereocenters. The number of thiocarbonyl (C=S) groups is 1. The van der Waals surface area contributed by atoms with E-state index in [0.717, 1.165) is 0 Å². The van der Waals surface area contributed by atoms with Gasteiger partial charge in [-0.3, -0.25) is 9.69 Å². The number of anilines is 1. The highest BCUT2D eigenvalue weighted by molar-refractivity contribution is 8.26. The molecule has 3 rings (SSSR count). The minimum absolute atomic E-state index is 0.0725. The van der Waals surface area contributed by atoms with E-state index in [1.54, 1.807) is 30.4 Å². The molecular weight excluding hydrogens is 372 g/mol. The van der Waals surface area contributed by atoms with Gasteiger partial charge in [0.1, 0.15) is 15.8 Å². The number of hydrogen-bond acceptors (Lipinski definition) is 6. The molecule has 8 heteroatoms. The Morgan fingerprint density at radius 3 is 2.85 bits per heavy atom. The number of aromatic carboxylic acids is 1. The minimum Gasteiger partial charge on any atom is -0.478 e. The fourth-order valence-electron chi connectivity index (χ4n) is 2.42. The van der Waals surface area contributed by atoms with Crippen molar-refractivity contribution in [3.8, 4) is 11.3 Å². The number of carboxylic acids is 1. The predicted molar refractivity (Wildman–Crippen MR) is 106 cm³/mol. The maximum Gasteiger partial charge on any atom is 0.335 e. The molecule has 0 bridgehead atoms. The Hall–Kier alpha value is -2.84. The Kier molecular flexibility index (Phi) is 4.97. The maximum atomic E-state index is 12.3.